The Morgan fingerprint density at radius 3 is 2.58 bits per heavy atom. The van der Waals surface area contributed by atoms with Crippen molar-refractivity contribution in [3.63, 3.8) is 0 Å². The Labute approximate surface area is 108 Å². The van der Waals surface area contributed by atoms with Crippen LogP contribution in [0.2, 0.25) is 0 Å². The molecule has 1 heterocycles. The number of aliphatic hydroxyl groups is 2. The molecule has 0 saturated heterocycles. The standard InChI is InChI=1S/C13H12O6/c1-18-13(17)10(15)11-9(14)8(12(16)19-11)7-5-3-2-4-6-7/h2-6,10-11,14-15H,1H3/t10-,11+/m1/s1. The number of benzene rings is 1. The molecule has 6 nitrogen and oxygen atoms in total. The highest BCUT2D eigenvalue weighted by Gasteiger charge is 2.42. The van der Waals surface area contributed by atoms with Gasteiger partial charge in [0.05, 0.1) is 7.11 Å². The smallest absolute Gasteiger partial charge is 0.343 e. The van der Waals surface area contributed by atoms with Gasteiger partial charge in [0.15, 0.2) is 18.0 Å². The zero-order valence-corrected chi connectivity index (χ0v) is 10.1. The van der Waals surface area contributed by atoms with E-state index in [-0.39, 0.29) is 5.57 Å². The third-order valence-electron chi connectivity index (χ3n) is 2.76. The number of rotatable bonds is 3. The molecule has 0 amide bonds. The van der Waals surface area contributed by atoms with Crippen molar-refractivity contribution in [2.75, 3.05) is 7.11 Å². The van der Waals surface area contributed by atoms with Gasteiger partial charge in [-0.25, -0.2) is 9.59 Å². The predicted molar refractivity (Wildman–Crippen MR) is 63.9 cm³/mol. The van der Waals surface area contributed by atoms with E-state index in [1.54, 1.807) is 30.3 Å². The number of esters is 2. The molecule has 0 unspecified atom stereocenters. The van der Waals surface area contributed by atoms with Crippen LogP contribution in [0.5, 0.6) is 0 Å². The second kappa shape index (κ2) is 5.11. The molecule has 19 heavy (non-hydrogen) atoms. The maximum absolute atomic E-state index is 11.7. The average molecular weight is 264 g/mol. The molecule has 0 saturated carbocycles. The van der Waals surface area contributed by atoms with Crippen molar-refractivity contribution in [2.24, 2.45) is 0 Å². The molecular weight excluding hydrogens is 252 g/mol. The number of aliphatic hydroxyl groups excluding tert-OH is 2. The molecule has 2 rings (SSSR count). The van der Waals surface area contributed by atoms with Crippen molar-refractivity contribution in [3.05, 3.63) is 41.7 Å². The summed E-state index contributed by atoms with van der Waals surface area (Å²) in [7, 11) is 1.08. The molecular formula is C13H12O6. The lowest BCUT2D eigenvalue weighted by Gasteiger charge is -2.14. The summed E-state index contributed by atoms with van der Waals surface area (Å²) in [4.78, 5) is 22.9. The van der Waals surface area contributed by atoms with Gasteiger partial charge in [0.2, 0.25) is 0 Å². The molecule has 0 spiro atoms. The summed E-state index contributed by atoms with van der Waals surface area (Å²) < 4.78 is 9.15. The fraction of sp³-hybridized carbons (Fsp3) is 0.231. The maximum Gasteiger partial charge on any atom is 0.343 e. The number of cyclic esters (lactones) is 1. The van der Waals surface area contributed by atoms with Crippen LogP contribution in [0.4, 0.5) is 0 Å². The van der Waals surface area contributed by atoms with Gasteiger partial charge in [-0.1, -0.05) is 30.3 Å². The molecule has 1 aromatic carbocycles. The molecule has 1 aliphatic heterocycles. The lowest BCUT2D eigenvalue weighted by Crippen LogP contribution is -2.36. The van der Waals surface area contributed by atoms with Crippen molar-refractivity contribution in [1.29, 1.82) is 0 Å². The summed E-state index contributed by atoms with van der Waals surface area (Å²) in [5.41, 5.74) is 0.387. The molecule has 0 aliphatic carbocycles. The summed E-state index contributed by atoms with van der Waals surface area (Å²) in [5.74, 6) is -2.26. The van der Waals surface area contributed by atoms with Crippen molar-refractivity contribution >= 4 is 17.5 Å². The van der Waals surface area contributed by atoms with E-state index in [4.69, 9.17) is 4.74 Å². The Hall–Kier alpha value is -2.34. The molecule has 0 bridgehead atoms. The van der Waals surface area contributed by atoms with Crippen LogP contribution in [0.3, 0.4) is 0 Å². The van der Waals surface area contributed by atoms with E-state index in [1.807, 2.05) is 0 Å². The van der Waals surface area contributed by atoms with Crippen LogP contribution in [0.15, 0.2) is 36.1 Å². The molecule has 100 valence electrons. The first kappa shape index (κ1) is 13.1. The van der Waals surface area contributed by atoms with E-state index >= 15 is 0 Å². The fourth-order valence-electron chi connectivity index (χ4n) is 1.81. The highest BCUT2D eigenvalue weighted by molar-refractivity contribution is 6.19. The molecule has 0 aromatic heterocycles. The van der Waals surface area contributed by atoms with Gasteiger partial charge in [0, 0.05) is 0 Å². The maximum atomic E-state index is 11.7. The van der Waals surface area contributed by atoms with Crippen LogP contribution >= 0.6 is 0 Å². The van der Waals surface area contributed by atoms with E-state index in [1.165, 1.54) is 0 Å². The molecule has 1 aliphatic rings. The second-order valence-corrected chi connectivity index (χ2v) is 3.92. The Bertz CT molecular complexity index is 533. The Morgan fingerprint density at radius 2 is 2.00 bits per heavy atom. The van der Waals surface area contributed by atoms with Crippen LogP contribution in [-0.2, 0) is 19.1 Å². The summed E-state index contributed by atoms with van der Waals surface area (Å²) in [6.07, 6.45) is -3.19. The highest BCUT2D eigenvalue weighted by atomic mass is 16.6. The number of hydrogen-bond donors (Lipinski definition) is 2. The summed E-state index contributed by atoms with van der Waals surface area (Å²) in [6.45, 7) is 0. The number of hydrogen-bond acceptors (Lipinski definition) is 6. The van der Waals surface area contributed by atoms with Gasteiger partial charge in [-0.15, -0.1) is 0 Å². The minimum atomic E-state index is -1.75. The first-order valence-electron chi connectivity index (χ1n) is 5.51. The summed E-state index contributed by atoms with van der Waals surface area (Å²) in [6, 6.07) is 8.35. The van der Waals surface area contributed by atoms with Gasteiger partial charge in [-0.3, -0.25) is 0 Å². The zero-order chi connectivity index (χ0) is 14.0. The van der Waals surface area contributed by atoms with Crippen molar-refractivity contribution in [3.8, 4) is 0 Å². The molecule has 2 atom stereocenters. The fourth-order valence-corrected chi connectivity index (χ4v) is 1.81. The minimum Gasteiger partial charge on any atom is -0.507 e. The monoisotopic (exact) mass is 264 g/mol. The second-order valence-electron chi connectivity index (χ2n) is 3.92. The summed E-state index contributed by atoms with van der Waals surface area (Å²) in [5, 5.41) is 19.6. The van der Waals surface area contributed by atoms with E-state index in [2.05, 4.69) is 4.74 Å². The van der Waals surface area contributed by atoms with Gasteiger partial charge >= 0.3 is 11.9 Å². The van der Waals surface area contributed by atoms with Gasteiger partial charge in [0.25, 0.3) is 0 Å². The number of methoxy groups -OCH3 is 1. The SMILES string of the molecule is COC(=O)[C@H](O)[C@H]1OC(=O)C(c2ccccc2)=C1O. The molecule has 6 heteroatoms. The summed E-state index contributed by atoms with van der Waals surface area (Å²) >= 11 is 0. The first-order chi connectivity index (χ1) is 9.06. The molecule has 2 N–H and O–H groups in total. The lowest BCUT2D eigenvalue weighted by atomic mass is 10.0. The van der Waals surface area contributed by atoms with Crippen molar-refractivity contribution in [1.82, 2.24) is 0 Å². The van der Waals surface area contributed by atoms with Crippen LogP contribution in [0, 0.1) is 0 Å². The Morgan fingerprint density at radius 1 is 1.37 bits per heavy atom. The highest BCUT2D eigenvalue weighted by Crippen LogP contribution is 2.30. The predicted octanol–water partition coefficient (Wildman–Crippen LogP) is 0.415. The molecule has 0 fully saturated rings. The quantitative estimate of drug-likeness (QED) is 0.768. The van der Waals surface area contributed by atoms with Crippen molar-refractivity contribution < 1.29 is 29.3 Å². The minimum absolute atomic E-state index is 0.0615. The third kappa shape index (κ3) is 2.30. The van der Waals surface area contributed by atoms with Crippen molar-refractivity contribution in [2.45, 2.75) is 12.2 Å². The van der Waals surface area contributed by atoms with Gasteiger partial charge in [0.1, 0.15) is 5.57 Å². The third-order valence-corrected chi connectivity index (χ3v) is 2.76. The van der Waals surface area contributed by atoms with E-state index in [0.29, 0.717) is 5.56 Å². The Balaban J connectivity index is 2.36. The van der Waals surface area contributed by atoms with E-state index in [0.717, 1.165) is 7.11 Å². The van der Waals surface area contributed by atoms with Crippen LogP contribution in [0.25, 0.3) is 5.57 Å². The normalized spacial score (nSPS) is 20.1. The topological polar surface area (TPSA) is 93.1 Å². The van der Waals surface area contributed by atoms with Crippen LogP contribution in [0.1, 0.15) is 5.56 Å². The van der Waals surface area contributed by atoms with E-state index < -0.39 is 29.9 Å². The first-order valence-corrected chi connectivity index (χ1v) is 5.51. The zero-order valence-electron chi connectivity index (χ0n) is 10.1. The number of carbonyl (C=O) groups is 2. The van der Waals surface area contributed by atoms with E-state index in [9.17, 15) is 19.8 Å². The largest absolute Gasteiger partial charge is 0.507 e. The Kier molecular flexibility index (Phi) is 3.52. The van der Waals surface area contributed by atoms with Crippen LogP contribution < -0.4 is 0 Å². The molecule has 1 aromatic rings. The van der Waals surface area contributed by atoms with Gasteiger partial charge < -0.3 is 19.7 Å². The average Bonchev–Trinajstić information content (AvgIpc) is 2.73. The van der Waals surface area contributed by atoms with Gasteiger partial charge in [-0.2, -0.15) is 0 Å². The number of ether oxygens (including phenoxy) is 2. The van der Waals surface area contributed by atoms with Crippen LogP contribution in [-0.4, -0.2) is 41.5 Å². The lowest BCUT2D eigenvalue weighted by molar-refractivity contribution is -0.161. The number of carbonyl (C=O) groups excluding carboxylic acids is 2. The molecule has 0 radical (unpaired) electrons. The van der Waals surface area contributed by atoms with Gasteiger partial charge in [-0.05, 0) is 5.56 Å².